The fraction of sp³-hybridized carbons (Fsp3) is 0.750. The van der Waals surface area contributed by atoms with E-state index >= 15 is 0 Å². The molecule has 0 aromatic rings. The fourth-order valence-electron chi connectivity index (χ4n) is 1.74. The highest BCUT2D eigenvalue weighted by atomic mass is 35.5. The number of nitriles is 1. The van der Waals surface area contributed by atoms with Crippen molar-refractivity contribution in [3.63, 3.8) is 0 Å². The van der Waals surface area contributed by atoms with E-state index < -0.39 is 0 Å². The SMILES string of the molecule is N#C/C1=N/N=C(\Cl)CCCCCCCCC1. The quantitative estimate of drug-likeness (QED) is 0.630. The molecule has 0 aromatic heterocycles. The molecular weight excluding hydrogens is 222 g/mol. The summed E-state index contributed by atoms with van der Waals surface area (Å²) in [6, 6.07) is 2.08. The predicted molar refractivity (Wildman–Crippen MR) is 67.9 cm³/mol. The van der Waals surface area contributed by atoms with E-state index in [4.69, 9.17) is 16.9 Å². The first-order valence-corrected chi connectivity index (χ1v) is 6.39. The molecule has 0 radical (unpaired) electrons. The highest BCUT2D eigenvalue weighted by Crippen LogP contribution is 2.12. The molecule has 0 saturated carbocycles. The van der Waals surface area contributed by atoms with Crippen LogP contribution in [-0.4, -0.2) is 10.9 Å². The zero-order valence-electron chi connectivity index (χ0n) is 9.58. The summed E-state index contributed by atoms with van der Waals surface area (Å²) in [6.07, 6.45) is 9.81. The smallest absolute Gasteiger partial charge is 0.140 e. The topological polar surface area (TPSA) is 48.5 Å². The molecule has 0 aliphatic carbocycles. The first kappa shape index (κ1) is 13.2. The van der Waals surface area contributed by atoms with Crippen molar-refractivity contribution in [3.8, 4) is 6.07 Å². The van der Waals surface area contributed by atoms with Gasteiger partial charge in [-0.1, -0.05) is 43.7 Å². The molecule has 0 spiro atoms. The van der Waals surface area contributed by atoms with Crippen molar-refractivity contribution in [2.24, 2.45) is 10.2 Å². The van der Waals surface area contributed by atoms with Crippen LogP contribution in [0.3, 0.4) is 0 Å². The minimum absolute atomic E-state index is 0.498. The molecule has 0 saturated heterocycles. The maximum absolute atomic E-state index is 8.84. The van der Waals surface area contributed by atoms with Gasteiger partial charge in [0, 0.05) is 12.8 Å². The lowest BCUT2D eigenvalue weighted by Crippen LogP contribution is -1.94. The molecule has 0 unspecified atom stereocenters. The number of hydrogen-bond acceptors (Lipinski definition) is 3. The summed E-state index contributed by atoms with van der Waals surface area (Å²) in [4.78, 5) is 0. The van der Waals surface area contributed by atoms with E-state index in [1.165, 1.54) is 32.1 Å². The van der Waals surface area contributed by atoms with Crippen molar-refractivity contribution < 1.29 is 0 Å². The Morgan fingerprint density at radius 3 is 2.06 bits per heavy atom. The first-order chi connectivity index (χ1) is 7.83. The van der Waals surface area contributed by atoms with Gasteiger partial charge in [-0.05, 0) is 12.8 Å². The Hall–Kier alpha value is -0.880. The van der Waals surface area contributed by atoms with Crippen molar-refractivity contribution in [2.75, 3.05) is 0 Å². The number of halogens is 1. The van der Waals surface area contributed by atoms with Crippen LogP contribution in [0.1, 0.15) is 57.8 Å². The van der Waals surface area contributed by atoms with Gasteiger partial charge in [-0.15, -0.1) is 10.2 Å². The van der Waals surface area contributed by atoms with E-state index in [-0.39, 0.29) is 0 Å². The molecule has 0 atom stereocenters. The van der Waals surface area contributed by atoms with Crippen LogP contribution in [0, 0.1) is 11.3 Å². The van der Waals surface area contributed by atoms with E-state index in [9.17, 15) is 0 Å². The Labute approximate surface area is 102 Å². The molecule has 0 N–H and O–H groups in total. The van der Waals surface area contributed by atoms with Crippen molar-refractivity contribution in [3.05, 3.63) is 0 Å². The third-order valence-electron chi connectivity index (χ3n) is 2.70. The van der Waals surface area contributed by atoms with Crippen LogP contribution < -0.4 is 0 Å². The zero-order chi connectivity index (χ0) is 11.6. The lowest BCUT2D eigenvalue weighted by Gasteiger charge is -1.99. The molecule has 1 heterocycles. The van der Waals surface area contributed by atoms with Crippen LogP contribution in [0.15, 0.2) is 10.2 Å². The average Bonchev–Trinajstić information content (AvgIpc) is 2.31. The molecule has 0 bridgehead atoms. The second kappa shape index (κ2) is 8.29. The molecule has 1 rings (SSSR count). The minimum atomic E-state index is 0.498. The lowest BCUT2D eigenvalue weighted by atomic mass is 10.1. The Kier molecular flexibility index (Phi) is 6.83. The molecule has 3 nitrogen and oxygen atoms in total. The predicted octanol–water partition coefficient (Wildman–Crippen LogP) is 4.03. The Morgan fingerprint density at radius 2 is 1.44 bits per heavy atom. The van der Waals surface area contributed by atoms with E-state index in [0.717, 1.165) is 25.7 Å². The van der Waals surface area contributed by atoms with Crippen LogP contribution in [-0.2, 0) is 0 Å². The first-order valence-electron chi connectivity index (χ1n) is 6.02. The van der Waals surface area contributed by atoms with Gasteiger partial charge in [0.25, 0.3) is 0 Å². The molecule has 4 heteroatoms. The third kappa shape index (κ3) is 5.87. The Bertz CT molecular complexity index is 302. The van der Waals surface area contributed by atoms with Crippen LogP contribution >= 0.6 is 11.6 Å². The van der Waals surface area contributed by atoms with Crippen LogP contribution in [0.5, 0.6) is 0 Å². The summed E-state index contributed by atoms with van der Waals surface area (Å²) in [6.45, 7) is 0. The van der Waals surface area contributed by atoms with Crippen LogP contribution in [0.25, 0.3) is 0 Å². The summed E-state index contributed by atoms with van der Waals surface area (Å²) in [7, 11) is 0. The molecule has 88 valence electrons. The number of rotatable bonds is 0. The zero-order valence-corrected chi connectivity index (χ0v) is 10.3. The molecule has 1 aliphatic rings. The van der Waals surface area contributed by atoms with Crippen molar-refractivity contribution in [1.29, 1.82) is 5.26 Å². The minimum Gasteiger partial charge on any atom is -0.191 e. The Balaban J connectivity index is 2.55. The maximum Gasteiger partial charge on any atom is 0.140 e. The average molecular weight is 240 g/mol. The maximum atomic E-state index is 8.84. The van der Waals surface area contributed by atoms with E-state index in [1.807, 2.05) is 0 Å². The molecule has 1 aliphatic heterocycles. The summed E-state index contributed by atoms with van der Waals surface area (Å²) in [5.41, 5.74) is 0.498. The summed E-state index contributed by atoms with van der Waals surface area (Å²) < 4.78 is 0. The normalized spacial score (nSPS) is 27.0. The second-order valence-electron chi connectivity index (χ2n) is 4.11. The van der Waals surface area contributed by atoms with Crippen molar-refractivity contribution >= 4 is 22.5 Å². The highest BCUT2D eigenvalue weighted by molar-refractivity contribution is 6.65. The standard InChI is InChI=1S/C12H18ClN3/c13-12-9-7-5-3-1-2-4-6-8-11(10-14)15-16-12/h1-9H2/b15-11+,16-12-. The molecule has 0 amide bonds. The number of nitrogens with zero attached hydrogens (tertiary/aromatic N) is 3. The van der Waals surface area contributed by atoms with Gasteiger partial charge < -0.3 is 0 Å². The van der Waals surface area contributed by atoms with E-state index in [2.05, 4.69) is 16.3 Å². The summed E-state index contributed by atoms with van der Waals surface area (Å²) in [5, 5.41) is 17.2. The molecular formula is C12H18ClN3. The van der Waals surface area contributed by atoms with E-state index in [1.54, 1.807) is 0 Å². The monoisotopic (exact) mass is 239 g/mol. The van der Waals surface area contributed by atoms with Gasteiger partial charge >= 0.3 is 0 Å². The third-order valence-corrected chi connectivity index (χ3v) is 2.97. The van der Waals surface area contributed by atoms with Crippen molar-refractivity contribution in [1.82, 2.24) is 0 Å². The molecule has 0 aromatic carbocycles. The lowest BCUT2D eigenvalue weighted by molar-refractivity contribution is 0.590. The van der Waals surface area contributed by atoms with Gasteiger partial charge in [-0.25, -0.2) is 0 Å². The van der Waals surface area contributed by atoms with E-state index in [0.29, 0.717) is 10.9 Å². The van der Waals surface area contributed by atoms with Gasteiger partial charge in [0.1, 0.15) is 17.0 Å². The summed E-state index contributed by atoms with van der Waals surface area (Å²) >= 11 is 5.91. The molecule has 16 heavy (non-hydrogen) atoms. The fourth-order valence-corrected chi connectivity index (χ4v) is 1.91. The Morgan fingerprint density at radius 1 is 0.875 bits per heavy atom. The van der Waals surface area contributed by atoms with Gasteiger partial charge in [0.05, 0.1) is 0 Å². The van der Waals surface area contributed by atoms with Crippen molar-refractivity contribution in [2.45, 2.75) is 57.8 Å². The second-order valence-corrected chi connectivity index (χ2v) is 4.55. The van der Waals surface area contributed by atoms with Gasteiger partial charge in [-0.2, -0.15) is 5.26 Å². The van der Waals surface area contributed by atoms with Gasteiger partial charge in [0.2, 0.25) is 0 Å². The number of hydrogen-bond donors (Lipinski definition) is 0. The van der Waals surface area contributed by atoms with Gasteiger partial charge in [-0.3, -0.25) is 0 Å². The highest BCUT2D eigenvalue weighted by Gasteiger charge is 2.01. The van der Waals surface area contributed by atoms with Crippen LogP contribution in [0.4, 0.5) is 0 Å². The molecule has 0 fully saturated rings. The van der Waals surface area contributed by atoms with Crippen LogP contribution in [0.2, 0.25) is 0 Å². The largest absolute Gasteiger partial charge is 0.191 e. The summed E-state index contributed by atoms with van der Waals surface area (Å²) in [5.74, 6) is 0. The van der Waals surface area contributed by atoms with Gasteiger partial charge in [0.15, 0.2) is 0 Å².